The minimum Gasteiger partial charge on any atom is -0.342 e. The molecule has 3 aromatic rings. The lowest BCUT2D eigenvalue weighted by Crippen LogP contribution is -2.41. The number of nitrogens with one attached hydrogen (secondary N) is 2. The normalized spacial score (nSPS) is 11.6. The maximum atomic E-state index is 12.7. The van der Waals surface area contributed by atoms with E-state index in [1.54, 1.807) is 6.07 Å². The van der Waals surface area contributed by atoms with Crippen LogP contribution in [0.5, 0.6) is 0 Å². The zero-order valence-corrected chi connectivity index (χ0v) is 15.2. The van der Waals surface area contributed by atoms with Crippen molar-refractivity contribution in [3.8, 4) is 11.3 Å². The first kappa shape index (κ1) is 17.0. The van der Waals surface area contributed by atoms with Crippen molar-refractivity contribution in [1.29, 1.82) is 0 Å². The van der Waals surface area contributed by atoms with E-state index < -0.39 is 5.54 Å². The average molecular weight is 337 g/mol. The summed E-state index contributed by atoms with van der Waals surface area (Å²) in [7, 11) is 1.90. The van der Waals surface area contributed by atoms with Crippen molar-refractivity contribution >= 4 is 5.91 Å². The van der Waals surface area contributed by atoms with E-state index in [4.69, 9.17) is 0 Å². The standard InChI is InChI=1S/C19H23N5O/c1-12-17(13(2)24(5)23-12)15-11-16(22-21-15)18(25)20-19(3,4)14-9-7-6-8-10-14/h6-11H,1-5H3,(H,20,25)(H,21,22). The fraction of sp³-hybridized carbons (Fsp3) is 0.316. The van der Waals surface area contributed by atoms with Gasteiger partial charge >= 0.3 is 0 Å². The van der Waals surface area contributed by atoms with E-state index in [-0.39, 0.29) is 5.91 Å². The second kappa shape index (κ2) is 6.20. The van der Waals surface area contributed by atoms with Gasteiger partial charge in [-0.25, -0.2) is 0 Å². The van der Waals surface area contributed by atoms with Gasteiger partial charge < -0.3 is 5.32 Å². The van der Waals surface area contributed by atoms with Gasteiger partial charge in [-0.3, -0.25) is 14.6 Å². The van der Waals surface area contributed by atoms with Gasteiger partial charge in [0.25, 0.3) is 5.91 Å². The van der Waals surface area contributed by atoms with Gasteiger partial charge in [-0.1, -0.05) is 30.3 Å². The largest absolute Gasteiger partial charge is 0.342 e. The molecule has 0 fully saturated rings. The molecule has 0 saturated heterocycles. The highest BCUT2D eigenvalue weighted by molar-refractivity contribution is 5.94. The third-order valence-corrected chi connectivity index (χ3v) is 4.51. The number of hydrogen-bond donors (Lipinski definition) is 2. The summed E-state index contributed by atoms with van der Waals surface area (Å²) in [4.78, 5) is 12.7. The Hall–Kier alpha value is -2.89. The van der Waals surface area contributed by atoms with Crippen molar-refractivity contribution in [2.45, 2.75) is 33.2 Å². The van der Waals surface area contributed by atoms with Crippen molar-refractivity contribution in [2.75, 3.05) is 0 Å². The van der Waals surface area contributed by atoms with Gasteiger partial charge in [0.1, 0.15) is 5.69 Å². The number of hydrogen-bond acceptors (Lipinski definition) is 3. The molecule has 0 unspecified atom stereocenters. The summed E-state index contributed by atoms with van der Waals surface area (Å²) in [6, 6.07) is 11.7. The Balaban J connectivity index is 1.84. The Bertz CT molecular complexity index is 905. The molecule has 0 aliphatic heterocycles. The van der Waals surface area contributed by atoms with Crippen LogP contribution in [0.2, 0.25) is 0 Å². The SMILES string of the molecule is Cc1nn(C)c(C)c1-c1cc(C(=O)NC(C)(C)c2ccccc2)[nH]n1. The van der Waals surface area contributed by atoms with Gasteiger partial charge in [0.05, 0.1) is 16.9 Å². The van der Waals surface area contributed by atoms with E-state index in [2.05, 4.69) is 20.6 Å². The lowest BCUT2D eigenvalue weighted by molar-refractivity contribution is 0.0907. The minimum absolute atomic E-state index is 0.188. The van der Waals surface area contributed by atoms with Gasteiger partial charge in [-0.05, 0) is 39.3 Å². The molecule has 130 valence electrons. The first-order valence-electron chi connectivity index (χ1n) is 8.23. The van der Waals surface area contributed by atoms with Crippen LogP contribution < -0.4 is 5.32 Å². The third kappa shape index (κ3) is 3.20. The molecule has 2 heterocycles. The van der Waals surface area contributed by atoms with E-state index in [1.165, 1.54) is 0 Å². The van der Waals surface area contributed by atoms with Crippen molar-refractivity contribution in [1.82, 2.24) is 25.3 Å². The topological polar surface area (TPSA) is 75.6 Å². The van der Waals surface area contributed by atoms with E-state index in [9.17, 15) is 4.79 Å². The molecule has 3 rings (SSSR count). The number of aromatic nitrogens is 4. The molecule has 25 heavy (non-hydrogen) atoms. The van der Waals surface area contributed by atoms with Crippen molar-refractivity contribution in [3.63, 3.8) is 0 Å². The summed E-state index contributed by atoms with van der Waals surface area (Å²) in [5, 5.41) is 14.6. The fourth-order valence-electron chi connectivity index (χ4n) is 2.99. The molecule has 2 aromatic heterocycles. The summed E-state index contributed by atoms with van der Waals surface area (Å²) in [5.74, 6) is -0.188. The Labute approximate surface area is 147 Å². The summed E-state index contributed by atoms with van der Waals surface area (Å²) in [6.07, 6.45) is 0. The number of nitrogens with zero attached hydrogens (tertiary/aromatic N) is 3. The van der Waals surface area contributed by atoms with Gasteiger partial charge in [-0.15, -0.1) is 0 Å². The summed E-state index contributed by atoms with van der Waals surface area (Å²) >= 11 is 0. The van der Waals surface area contributed by atoms with E-state index in [1.807, 2.05) is 69.8 Å². The number of benzene rings is 1. The molecule has 1 aromatic carbocycles. The Morgan fingerprint density at radius 3 is 2.48 bits per heavy atom. The molecule has 0 saturated carbocycles. The Morgan fingerprint density at radius 2 is 1.88 bits per heavy atom. The molecule has 0 aliphatic carbocycles. The average Bonchev–Trinajstić information content (AvgIpc) is 3.13. The highest BCUT2D eigenvalue weighted by Gasteiger charge is 2.25. The maximum Gasteiger partial charge on any atom is 0.269 e. The molecule has 6 heteroatoms. The van der Waals surface area contributed by atoms with Gasteiger partial charge in [0.2, 0.25) is 0 Å². The quantitative estimate of drug-likeness (QED) is 0.768. The predicted molar refractivity (Wildman–Crippen MR) is 97.2 cm³/mol. The zero-order valence-electron chi connectivity index (χ0n) is 15.2. The van der Waals surface area contributed by atoms with Crippen LogP contribution in [-0.4, -0.2) is 25.9 Å². The minimum atomic E-state index is -0.482. The zero-order chi connectivity index (χ0) is 18.2. The van der Waals surface area contributed by atoms with Crippen LogP contribution in [0.15, 0.2) is 36.4 Å². The van der Waals surface area contributed by atoms with Crippen molar-refractivity contribution in [2.24, 2.45) is 7.05 Å². The highest BCUT2D eigenvalue weighted by atomic mass is 16.2. The van der Waals surface area contributed by atoms with Crippen LogP contribution in [0, 0.1) is 13.8 Å². The Kier molecular flexibility index (Phi) is 4.20. The summed E-state index contributed by atoms with van der Waals surface area (Å²) in [6.45, 7) is 7.89. The Morgan fingerprint density at radius 1 is 1.20 bits per heavy atom. The predicted octanol–water partition coefficient (Wildman–Crippen LogP) is 3.09. The molecule has 2 N–H and O–H groups in total. The second-order valence-corrected chi connectivity index (χ2v) is 6.78. The lowest BCUT2D eigenvalue weighted by atomic mass is 9.94. The van der Waals surface area contributed by atoms with Gasteiger partial charge in [0.15, 0.2) is 0 Å². The van der Waals surface area contributed by atoms with Crippen LogP contribution in [0.1, 0.15) is 41.3 Å². The molecule has 6 nitrogen and oxygen atoms in total. The van der Waals surface area contributed by atoms with Crippen molar-refractivity contribution < 1.29 is 4.79 Å². The van der Waals surface area contributed by atoms with Crippen LogP contribution in [-0.2, 0) is 12.6 Å². The first-order chi connectivity index (χ1) is 11.8. The van der Waals surface area contributed by atoms with Crippen molar-refractivity contribution in [3.05, 3.63) is 59.0 Å². The number of carbonyl (C=O) groups excluding carboxylic acids is 1. The monoisotopic (exact) mass is 337 g/mol. The first-order valence-corrected chi connectivity index (χ1v) is 8.23. The molecule has 1 amide bonds. The van der Waals surface area contributed by atoms with E-state index >= 15 is 0 Å². The molecule has 0 aliphatic rings. The molecule has 0 spiro atoms. The van der Waals surface area contributed by atoms with Gasteiger partial charge in [0, 0.05) is 18.3 Å². The fourth-order valence-corrected chi connectivity index (χ4v) is 2.99. The van der Waals surface area contributed by atoms with Crippen LogP contribution in [0.4, 0.5) is 0 Å². The molecule has 0 bridgehead atoms. The highest BCUT2D eigenvalue weighted by Crippen LogP contribution is 2.26. The maximum absolute atomic E-state index is 12.7. The summed E-state index contributed by atoms with van der Waals surface area (Å²) < 4.78 is 1.82. The third-order valence-electron chi connectivity index (χ3n) is 4.51. The number of aromatic amines is 1. The number of rotatable bonds is 4. The smallest absolute Gasteiger partial charge is 0.269 e. The molecule has 0 atom stereocenters. The summed E-state index contributed by atoms with van der Waals surface area (Å²) in [5.41, 5.74) is 4.59. The molecular weight excluding hydrogens is 314 g/mol. The molecule has 0 radical (unpaired) electrons. The number of amides is 1. The second-order valence-electron chi connectivity index (χ2n) is 6.78. The number of aryl methyl sites for hydroxylation is 2. The number of H-pyrrole nitrogens is 1. The van der Waals surface area contributed by atoms with Gasteiger partial charge in [-0.2, -0.15) is 10.2 Å². The van der Waals surface area contributed by atoms with Crippen LogP contribution in [0.25, 0.3) is 11.3 Å². The molecular formula is C19H23N5O. The van der Waals surface area contributed by atoms with E-state index in [0.717, 1.165) is 28.2 Å². The lowest BCUT2D eigenvalue weighted by Gasteiger charge is -2.26. The van der Waals surface area contributed by atoms with Crippen LogP contribution in [0.3, 0.4) is 0 Å². The van der Waals surface area contributed by atoms with E-state index in [0.29, 0.717) is 5.69 Å². The van der Waals surface area contributed by atoms with Crippen LogP contribution >= 0.6 is 0 Å². The number of carbonyl (C=O) groups is 1.